The van der Waals surface area contributed by atoms with E-state index in [0.717, 1.165) is 16.6 Å². The van der Waals surface area contributed by atoms with Crippen LogP contribution in [-0.2, 0) is 11.2 Å². The first-order valence-electron chi connectivity index (χ1n) is 13.9. The van der Waals surface area contributed by atoms with Crippen molar-refractivity contribution in [2.75, 3.05) is 18.0 Å². The number of ketones is 1. The van der Waals surface area contributed by atoms with E-state index in [4.69, 9.17) is 9.47 Å². The maximum absolute atomic E-state index is 15.4. The second-order valence-corrected chi connectivity index (χ2v) is 11.4. The molecular weight excluding hydrogens is 554 g/mol. The Kier molecular flexibility index (Phi) is 7.31. The summed E-state index contributed by atoms with van der Waals surface area (Å²) in [5, 5.41) is 7.92. The highest BCUT2D eigenvalue weighted by Gasteiger charge is 2.33. The van der Waals surface area contributed by atoms with E-state index < -0.39 is 28.6 Å². The van der Waals surface area contributed by atoms with Crippen molar-refractivity contribution in [1.29, 1.82) is 0 Å². The summed E-state index contributed by atoms with van der Waals surface area (Å²) in [4.78, 5) is 28.3. The minimum absolute atomic E-state index is 0.000705. The van der Waals surface area contributed by atoms with Gasteiger partial charge in [0.1, 0.15) is 5.82 Å². The van der Waals surface area contributed by atoms with Gasteiger partial charge in [0.05, 0.1) is 34.7 Å². The monoisotopic (exact) mass is 584 g/mol. The van der Waals surface area contributed by atoms with Crippen LogP contribution < -0.4 is 15.2 Å². The van der Waals surface area contributed by atoms with Crippen molar-refractivity contribution >= 4 is 22.4 Å². The van der Waals surface area contributed by atoms with Crippen molar-refractivity contribution in [3.8, 4) is 17.2 Å². The Bertz CT molecular complexity index is 1880. The average Bonchev–Trinajstić information content (AvgIpc) is 3.41. The molecule has 3 heterocycles. The first-order chi connectivity index (χ1) is 20.6. The van der Waals surface area contributed by atoms with Crippen LogP contribution in [-0.4, -0.2) is 45.3 Å². The lowest BCUT2D eigenvalue weighted by molar-refractivity contribution is -0.0750. The van der Waals surface area contributed by atoms with Crippen molar-refractivity contribution in [2.24, 2.45) is 0 Å². The SMILES string of the molecule is C[C@@H]1CN(c2cc3[nH]ncc3cc2Oc2ccc(CC(=O)c3cccn(-c4ccc(F)cc4)c3=O)cc2F)CC(C)(C)O1. The van der Waals surface area contributed by atoms with Crippen LogP contribution in [0.5, 0.6) is 11.5 Å². The van der Waals surface area contributed by atoms with E-state index in [1.165, 1.54) is 53.2 Å². The number of rotatable bonds is 7. The summed E-state index contributed by atoms with van der Waals surface area (Å²) >= 11 is 0. The highest BCUT2D eigenvalue weighted by molar-refractivity contribution is 5.97. The molecule has 5 aromatic rings. The van der Waals surface area contributed by atoms with E-state index in [1.807, 2.05) is 32.9 Å². The summed E-state index contributed by atoms with van der Waals surface area (Å²) in [5.41, 5.74) is 1.44. The maximum atomic E-state index is 15.4. The Morgan fingerprint density at radius 3 is 2.63 bits per heavy atom. The van der Waals surface area contributed by atoms with Gasteiger partial charge in [0.2, 0.25) is 0 Å². The van der Waals surface area contributed by atoms with Crippen molar-refractivity contribution in [3.05, 3.63) is 112 Å². The summed E-state index contributed by atoms with van der Waals surface area (Å²) in [5.74, 6) is -1.08. The molecule has 3 aromatic carbocycles. The molecule has 1 saturated heterocycles. The molecule has 1 atom stereocenters. The molecule has 0 bridgehead atoms. The third-order valence-electron chi connectivity index (χ3n) is 7.36. The Morgan fingerprint density at radius 1 is 1.09 bits per heavy atom. The lowest BCUT2D eigenvalue weighted by Gasteiger charge is -2.43. The highest BCUT2D eigenvalue weighted by atomic mass is 19.1. The molecule has 0 spiro atoms. The van der Waals surface area contributed by atoms with Crippen LogP contribution in [0.15, 0.2) is 83.9 Å². The summed E-state index contributed by atoms with van der Waals surface area (Å²) < 4.78 is 42.2. The first-order valence-corrected chi connectivity index (χ1v) is 13.9. The molecule has 1 fully saturated rings. The van der Waals surface area contributed by atoms with E-state index >= 15 is 4.39 Å². The number of nitrogens with zero attached hydrogens (tertiary/aromatic N) is 3. The van der Waals surface area contributed by atoms with Gasteiger partial charge in [-0.3, -0.25) is 19.3 Å². The van der Waals surface area contributed by atoms with Crippen LogP contribution in [0.2, 0.25) is 0 Å². The Labute approximate surface area is 246 Å². The third kappa shape index (κ3) is 5.91. The van der Waals surface area contributed by atoms with Gasteiger partial charge >= 0.3 is 0 Å². The lowest BCUT2D eigenvalue weighted by atomic mass is 10.0. The number of Topliss-reactive ketones (excluding diaryl/α,β-unsaturated/α-hetero) is 1. The van der Waals surface area contributed by atoms with Gasteiger partial charge in [0.25, 0.3) is 5.56 Å². The summed E-state index contributed by atoms with van der Waals surface area (Å²) in [6.07, 6.45) is 2.97. The van der Waals surface area contributed by atoms with Gasteiger partial charge in [-0.1, -0.05) is 6.07 Å². The van der Waals surface area contributed by atoms with Gasteiger partial charge in [0.15, 0.2) is 23.1 Å². The molecule has 0 aliphatic carbocycles. The van der Waals surface area contributed by atoms with Gasteiger partial charge in [-0.2, -0.15) is 5.10 Å². The molecule has 10 heteroatoms. The first kappa shape index (κ1) is 28.3. The number of hydrogen-bond donors (Lipinski definition) is 1. The number of hydrogen-bond acceptors (Lipinski definition) is 6. The van der Waals surface area contributed by atoms with Crippen LogP contribution in [0.25, 0.3) is 16.6 Å². The van der Waals surface area contributed by atoms with E-state index in [-0.39, 0.29) is 23.8 Å². The zero-order chi connectivity index (χ0) is 30.3. The van der Waals surface area contributed by atoms with E-state index in [0.29, 0.717) is 30.1 Å². The smallest absolute Gasteiger partial charge is 0.265 e. The molecule has 1 N–H and O–H groups in total. The maximum Gasteiger partial charge on any atom is 0.265 e. The van der Waals surface area contributed by atoms with E-state index in [1.54, 1.807) is 18.3 Å². The molecule has 8 nitrogen and oxygen atoms in total. The predicted molar refractivity (Wildman–Crippen MR) is 159 cm³/mol. The molecule has 0 radical (unpaired) electrons. The quantitative estimate of drug-likeness (QED) is 0.229. The number of halogens is 2. The molecule has 0 saturated carbocycles. The lowest BCUT2D eigenvalue weighted by Crippen LogP contribution is -2.52. The van der Waals surface area contributed by atoms with Crippen molar-refractivity contribution in [2.45, 2.75) is 38.9 Å². The van der Waals surface area contributed by atoms with Crippen LogP contribution in [0.1, 0.15) is 36.7 Å². The number of benzene rings is 3. The van der Waals surface area contributed by atoms with Crippen LogP contribution in [0.3, 0.4) is 0 Å². The third-order valence-corrected chi connectivity index (χ3v) is 7.36. The van der Waals surface area contributed by atoms with Gasteiger partial charge in [-0.15, -0.1) is 0 Å². The normalized spacial score (nSPS) is 16.4. The van der Waals surface area contributed by atoms with Crippen LogP contribution in [0.4, 0.5) is 14.5 Å². The summed E-state index contributed by atoms with van der Waals surface area (Å²) in [6.45, 7) is 7.30. The number of pyridine rings is 1. The topological polar surface area (TPSA) is 89.5 Å². The molecule has 6 rings (SSSR count). The number of nitrogens with one attached hydrogen (secondary N) is 1. The van der Waals surface area contributed by atoms with Crippen molar-refractivity contribution < 1.29 is 23.0 Å². The fourth-order valence-electron chi connectivity index (χ4n) is 5.57. The predicted octanol–water partition coefficient (Wildman–Crippen LogP) is 6.21. The van der Waals surface area contributed by atoms with Gasteiger partial charge in [0, 0.05) is 36.8 Å². The second-order valence-electron chi connectivity index (χ2n) is 11.4. The molecule has 220 valence electrons. The molecule has 1 aliphatic heterocycles. The van der Waals surface area contributed by atoms with Crippen molar-refractivity contribution in [1.82, 2.24) is 14.8 Å². The molecule has 0 amide bonds. The van der Waals surface area contributed by atoms with Crippen LogP contribution >= 0.6 is 0 Å². The Hall–Kier alpha value is -4.83. The number of fused-ring (bicyclic) bond motifs is 1. The zero-order valence-corrected chi connectivity index (χ0v) is 23.9. The number of carbonyl (C=O) groups excluding carboxylic acids is 1. The standard InChI is InChI=1S/C33H30F2N4O4/c1-20-18-38(19-33(2,3)43-20)28-16-27-22(17-36-37-27)15-31(28)42-30-11-6-21(13-26(30)35)14-29(40)25-5-4-12-39(32(25)41)24-9-7-23(34)8-10-24/h4-13,15-17,20H,14,18-19H2,1-3H3,(H,36,37)/t20-/m1/s1. The minimum atomic E-state index is -0.643. The zero-order valence-electron chi connectivity index (χ0n) is 23.9. The fraction of sp³-hybridized carbons (Fsp3) is 0.242. The minimum Gasteiger partial charge on any atom is -0.452 e. The number of aromatic nitrogens is 3. The summed E-state index contributed by atoms with van der Waals surface area (Å²) in [6, 6.07) is 16.5. The number of anilines is 1. The second kappa shape index (κ2) is 11.1. The highest BCUT2D eigenvalue weighted by Crippen LogP contribution is 2.39. The van der Waals surface area contributed by atoms with Gasteiger partial charge in [-0.25, -0.2) is 8.78 Å². The van der Waals surface area contributed by atoms with Crippen molar-refractivity contribution in [3.63, 3.8) is 0 Å². The molecular formula is C33H30F2N4O4. The molecule has 2 aromatic heterocycles. The molecule has 43 heavy (non-hydrogen) atoms. The number of ether oxygens (including phenoxy) is 2. The molecule has 1 aliphatic rings. The van der Waals surface area contributed by atoms with Gasteiger partial charge < -0.3 is 14.4 Å². The van der Waals surface area contributed by atoms with Crippen LogP contribution in [0, 0.1) is 11.6 Å². The molecule has 0 unspecified atom stereocenters. The number of carbonyl (C=O) groups is 1. The Morgan fingerprint density at radius 2 is 1.88 bits per heavy atom. The van der Waals surface area contributed by atoms with Gasteiger partial charge in [-0.05, 0) is 87.0 Å². The largest absolute Gasteiger partial charge is 0.452 e. The Balaban J connectivity index is 1.25. The average molecular weight is 585 g/mol. The van der Waals surface area contributed by atoms with E-state index in [9.17, 15) is 14.0 Å². The number of aromatic amines is 1. The number of H-pyrrole nitrogens is 1. The number of morpholine rings is 1. The summed E-state index contributed by atoms with van der Waals surface area (Å²) in [7, 11) is 0. The van der Waals surface area contributed by atoms with E-state index in [2.05, 4.69) is 15.1 Å². The fourth-order valence-corrected chi connectivity index (χ4v) is 5.57.